The summed E-state index contributed by atoms with van der Waals surface area (Å²) in [5.41, 5.74) is 9.12. The van der Waals surface area contributed by atoms with Gasteiger partial charge in [-0.25, -0.2) is 0 Å². The molecule has 0 amide bonds. The van der Waals surface area contributed by atoms with Gasteiger partial charge >= 0.3 is 0 Å². The lowest BCUT2D eigenvalue weighted by Gasteiger charge is -2.33. The Kier molecular flexibility index (Phi) is 3.38. The van der Waals surface area contributed by atoms with Crippen LogP contribution in [0.25, 0.3) is 10.9 Å². The van der Waals surface area contributed by atoms with E-state index in [1.54, 1.807) is 0 Å². The first-order chi connectivity index (χ1) is 9.28. The van der Waals surface area contributed by atoms with Crippen LogP contribution in [0.15, 0.2) is 30.3 Å². The van der Waals surface area contributed by atoms with Crippen molar-refractivity contribution in [3.63, 3.8) is 0 Å². The van der Waals surface area contributed by atoms with Crippen LogP contribution in [0, 0.1) is 5.92 Å². The minimum Gasteiger partial charge on any atom is -0.371 e. The molecule has 19 heavy (non-hydrogen) atoms. The molecule has 0 unspecified atom stereocenters. The third-order valence-corrected chi connectivity index (χ3v) is 4.08. The summed E-state index contributed by atoms with van der Waals surface area (Å²) in [4.78, 5) is 7.10. The summed E-state index contributed by atoms with van der Waals surface area (Å²) in [6.07, 6.45) is 2.54. The highest BCUT2D eigenvalue weighted by Gasteiger charge is 2.18. The lowest BCUT2D eigenvalue weighted by atomic mass is 9.98. The SMILES string of the molecule is CC1CCN(c2cc(CN)nc3ccccc23)CC1. The quantitative estimate of drug-likeness (QED) is 0.897. The van der Waals surface area contributed by atoms with E-state index in [0.717, 1.165) is 30.2 Å². The van der Waals surface area contributed by atoms with Gasteiger partial charge in [0.25, 0.3) is 0 Å². The second-order valence-electron chi connectivity index (χ2n) is 5.52. The minimum absolute atomic E-state index is 0.502. The van der Waals surface area contributed by atoms with Gasteiger partial charge in [0, 0.05) is 30.7 Å². The molecule has 0 bridgehead atoms. The molecule has 2 N–H and O–H groups in total. The van der Waals surface area contributed by atoms with Crippen LogP contribution in [0.5, 0.6) is 0 Å². The number of nitrogens with two attached hydrogens (primary N) is 1. The fraction of sp³-hybridized carbons (Fsp3) is 0.438. The molecule has 0 radical (unpaired) electrons. The van der Waals surface area contributed by atoms with Crippen molar-refractivity contribution >= 4 is 16.6 Å². The molecule has 1 aromatic carbocycles. The molecule has 1 aliphatic heterocycles. The van der Waals surface area contributed by atoms with Crippen LogP contribution < -0.4 is 10.6 Å². The molecule has 3 heteroatoms. The maximum atomic E-state index is 5.78. The Morgan fingerprint density at radius 3 is 2.74 bits per heavy atom. The van der Waals surface area contributed by atoms with Crippen LogP contribution >= 0.6 is 0 Å². The van der Waals surface area contributed by atoms with Crippen molar-refractivity contribution in [2.75, 3.05) is 18.0 Å². The number of benzene rings is 1. The molecule has 1 aliphatic rings. The third-order valence-electron chi connectivity index (χ3n) is 4.08. The monoisotopic (exact) mass is 255 g/mol. The Morgan fingerprint density at radius 1 is 1.26 bits per heavy atom. The number of nitrogens with zero attached hydrogens (tertiary/aromatic N) is 2. The number of rotatable bonds is 2. The fourth-order valence-corrected chi connectivity index (χ4v) is 2.83. The second-order valence-corrected chi connectivity index (χ2v) is 5.52. The van der Waals surface area contributed by atoms with Crippen molar-refractivity contribution in [2.24, 2.45) is 11.7 Å². The van der Waals surface area contributed by atoms with Crippen molar-refractivity contribution in [3.05, 3.63) is 36.0 Å². The van der Waals surface area contributed by atoms with E-state index >= 15 is 0 Å². The maximum absolute atomic E-state index is 5.78. The predicted molar refractivity (Wildman–Crippen MR) is 80.2 cm³/mol. The Morgan fingerprint density at radius 2 is 2.00 bits per heavy atom. The molecule has 1 fully saturated rings. The highest BCUT2D eigenvalue weighted by atomic mass is 15.1. The summed E-state index contributed by atoms with van der Waals surface area (Å²) >= 11 is 0. The number of para-hydroxylation sites is 1. The summed E-state index contributed by atoms with van der Waals surface area (Å²) < 4.78 is 0. The molecule has 0 aliphatic carbocycles. The van der Waals surface area contributed by atoms with Crippen LogP contribution in [0.2, 0.25) is 0 Å². The standard InChI is InChI=1S/C16H21N3/c1-12-6-8-19(9-7-12)16-10-13(11-17)18-15-5-3-2-4-14(15)16/h2-5,10,12H,6-9,11,17H2,1H3. The van der Waals surface area contributed by atoms with E-state index in [-0.39, 0.29) is 0 Å². The maximum Gasteiger partial charge on any atom is 0.0726 e. The number of hydrogen-bond acceptors (Lipinski definition) is 3. The summed E-state index contributed by atoms with van der Waals surface area (Å²) in [6.45, 7) is 5.12. The first-order valence-corrected chi connectivity index (χ1v) is 7.11. The fourth-order valence-electron chi connectivity index (χ4n) is 2.83. The van der Waals surface area contributed by atoms with Crippen LogP contribution in [0.3, 0.4) is 0 Å². The number of aromatic nitrogens is 1. The normalized spacial score (nSPS) is 17.1. The molecular formula is C16H21N3. The molecule has 0 atom stereocenters. The lowest BCUT2D eigenvalue weighted by molar-refractivity contribution is 0.439. The zero-order valence-corrected chi connectivity index (χ0v) is 11.5. The molecule has 3 nitrogen and oxygen atoms in total. The van der Waals surface area contributed by atoms with Gasteiger partial charge in [0.15, 0.2) is 0 Å². The predicted octanol–water partition coefficient (Wildman–Crippen LogP) is 2.93. The van der Waals surface area contributed by atoms with E-state index in [9.17, 15) is 0 Å². The molecule has 2 heterocycles. The minimum atomic E-state index is 0.502. The van der Waals surface area contributed by atoms with E-state index in [0.29, 0.717) is 6.54 Å². The largest absolute Gasteiger partial charge is 0.371 e. The number of pyridine rings is 1. The van der Waals surface area contributed by atoms with Gasteiger partial charge in [-0.1, -0.05) is 25.1 Å². The van der Waals surface area contributed by atoms with Crippen LogP contribution in [0.1, 0.15) is 25.5 Å². The Bertz CT molecular complexity index is 571. The van der Waals surface area contributed by atoms with Gasteiger partial charge in [-0.3, -0.25) is 4.98 Å². The summed E-state index contributed by atoms with van der Waals surface area (Å²) in [6, 6.07) is 10.5. The first kappa shape index (κ1) is 12.4. The number of piperidine rings is 1. The van der Waals surface area contributed by atoms with Gasteiger partial charge in [0.1, 0.15) is 0 Å². The van der Waals surface area contributed by atoms with Crippen molar-refractivity contribution < 1.29 is 0 Å². The van der Waals surface area contributed by atoms with E-state index in [1.807, 2.05) is 6.07 Å². The van der Waals surface area contributed by atoms with Gasteiger partial charge in [0.2, 0.25) is 0 Å². The topological polar surface area (TPSA) is 42.1 Å². The Balaban J connectivity index is 2.05. The second kappa shape index (κ2) is 5.17. The average Bonchev–Trinajstić information content (AvgIpc) is 2.47. The molecule has 100 valence electrons. The van der Waals surface area contributed by atoms with Crippen molar-refractivity contribution in [2.45, 2.75) is 26.3 Å². The van der Waals surface area contributed by atoms with Crippen LogP contribution in [-0.2, 0) is 6.54 Å². The van der Waals surface area contributed by atoms with Crippen LogP contribution in [0.4, 0.5) is 5.69 Å². The molecular weight excluding hydrogens is 234 g/mol. The third kappa shape index (κ3) is 2.43. The first-order valence-electron chi connectivity index (χ1n) is 7.11. The highest BCUT2D eigenvalue weighted by molar-refractivity contribution is 5.92. The molecule has 0 saturated carbocycles. The molecule has 1 saturated heterocycles. The van der Waals surface area contributed by atoms with Gasteiger partial charge in [-0.05, 0) is 30.9 Å². The van der Waals surface area contributed by atoms with Crippen LogP contribution in [-0.4, -0.2) is 18.1 Å². The van der Waals surface area contributed by atoms with Gasteiger partial charge in [-0.15, -0.1) is 0 Å². The summed E-state index contributed by atoms with van der Waals surface area (Å²) in [5.74, 6) is 0.846. The number of fused-ring (bicyclic) bond motifs is 1. The number of anilines is 1. The zero-order chi connectivity index (χ0) is 13.2. The molecule has 1 aromatic heterocycles. The zero-order valence-electron chi connectivity index (χ0n) is 11.5. The van der Waals surface area contributed by atoms with E-state index in [1.165, 1.54) is 23.9 Å². The van der Waals surface area contributed by atoms with E-state index in [2.05, 4.69) is 41.1 Å². The number of hydrogen-bond donors (Lipinski definition) is 1. The van der Waals surface area contributed by atoms with Crippen molar-refractivity contribution in [1.82, 2.24) is 4.98 Å². The highest BCUT2D eigenvalue weighted by Crippen LogP contribution is 2.30. The van der Waals surface area contributed by atoms with Gasteiger partial charge in [0.05, 0.1) is 11.2 Å². The van der Waals surface area contributed by atoms with Crippen molar-refractivity contribution in [1.29, 1.82) is 0 Å². The van der Waals surface area contributed by atoms with Gasteiger partial charge < -0.3 is 10.6 Å². The average molecular weight is 255 g/mol. The van der Waals surface area contributed by atoms with E-state index < -0.39 is 0 Å². The molecule has 2 aromatic rings. The summed E-state index contributed by atoms with van der Waals surface area (Å²) in [7, 11) is 0. The Labute approximate surface area is 114 Å². The molecule has 0 spiro atoms. The van der Waals surface area contributed by atoms with Crippen molar-refractivity contribution in [3.8, 4) is 0 Å². The summed E-state index contributed by atoms with van der Waals surface area (Å²) in [5, 5.41) is 1.24. The molecule has 3 rings (SSSR count). The lowest BCUT2D eigenvalue weighted by Crippen LogP contribution is -2.33. The van der Waals surface area contributed by atoms with E-state index in [4.69, 9.17) is 5.73 Å². The smallest absolute Gasteiger partial charge is 0.0726 e. The van der Waals surface area contributed by atoms with Gasteiger partial charge in [-0.2, -0.15) is 0 Å². The Hall–Kier alpha value is -1.61.